The van der Waals surface area contributed by atoms with Gasteiger partial charge < -0.3 is 19.3 Å². The quantitative estimate of drug-likeness (QED) is 0.923. The predicted octanol–water partition coefficient (Wildman–Crippen LogP) is 1.71. The zero-order valence-corrected chi connectivity index (χ0v) is 11.6. The van der Waals surface area contributed by atoms with Gasteiger partial charge in [0.2, 0.25) is 5.89 Å². The molecule has 0 spiro atoms. The van der Waals surface area contributed by atoms with Crippen molar-refractivity contribution in [3.63, 3.8) is 0 Å². The van der Waals surface area contributed by atoms with Gasteiger partial charge in [0.05, 0.1) is 25.4 Å². The molecule has 2 heterocycles. The third-order valence-corrected chi connectivity index (χ3v) is 3.88. The molecule has 2 aromatic rings. The molecule has 110 valence electrons. The summed E-state index contributed by atoms with van der Waals surface area (Å²) in [5.41, 5.74) is 0.994. The van der Waals surface area contributed by atoms with Crippen molar-refractivity contribution in [2.75, 3.05) is 18.1 Å². The van der Waals surface area contributed by atoms with Gasteiger partial charge in [-0.2, -0.15) is 4.98 Å². The molecule has 0 amide bonds. The number of rotatable bonds is 4. The van der Waals surface area contributed by atoms with E-state index in [0.717, 1.165) is 30.1 Å². The van der Waals surface area contributed by atoms with E-state index in [-0.39, 0.29) is 12.7 Å². The topological polar surface area (TPSA) is 71.6 Å². The third kappa shape index (κ3) is 2.47. The highest BCUT2D eigenvalue weighted by Gasteiger charge is 2.30. The second-order valence-electron chi connectivity index (χ2n) is 5.59. The third-order valence-electron chi connectivity index (χ3n) is 3.88. The zero-order chi connectivity index (χ0) is 14.2. The van der Waals surface area contributed by atoms with E-state index in [0.29, 0.717) is 24.9 Å². The smallest absolute Gasteiger partial charge is 0.246 e. The standard InChI is InChI=1S/C15H17N3O3/c19-9-11-7-18(12-3-1-2-4-13(12)20-11)8-14-16-15(17-21-14)10-5-6-10/h1-4,10-11,19H,5-9H2. The van der Waals surface area contributed by atoms with Gasteiger partial charge in [0.15, 0.2) is 5.82 Å². The number of para-hydroxylation sites is 2. The summed E-state index contributed by atoms with van der Waals surface area (Å²) in [7, 11) is 0. The number of anilines is 1. The van der Waals surface area contributed by atoms with Crippen LogP contribution in [0.5, 0.6) is 5.75 Å². The Kier molecular flexibility index (Phi) is 3.03. The molecule has 1 unspecified atom stereocenters. The Morgan fingerprint density at radius 3 is 2.95 bits per heavy atom. The molecule has 4 rings (SSSR count). The molecule has 0 radical (unpaired) electrons. The SMILES string of the molecule is OCC1CN(Cc2nc(C3CC3)no2)c2ccccc2O1. The first-order valence-corrected chi connectivity index (χ1v) is 7.27. The van der Waals surface area contributed by atoms with Gasteiger partial charge in [0.1, 0.15) is 11.9 Å². The molecule has 21 heavy (non-hydrogen) atoms. The number of aromatic nitrogens is 2. The summed E-state index contributed by atoms with van der Waals surface area (Å²) < 4.78 is 11.1. The van der Waals surface area contributed by atoms with Crippen LogP contribution in [-0.4, -0.2) is 34.5 Å². The molecule has 0 saturated heterocycles. The predicted molar refractivity (Wildman–Crippen MR) is 75.3 cm³/mol. The number of hydrogen-bond acceptors (Lipinski definition) is 6. The molecular formula is C15H17N3O3. The minimum Gasteiger partial charge on any atom is -0.484 e. The van der Waals surface area contributed by atoms with E-state index in [1.165, 1.54) is 0 Å². The van der Waals surface area contributed by atoms with Gasteiger partial charge in [-0.3, -0.25) is 0 Å². The van der Waals surface area contributed by atoms with E-state index in [9.17, 15) is 5.11 Å². The van der Waals surface area contributed by atoms with Gasteiger partial charge in [0.25, 0.3) is 0 Å². The molecule has 1 aromatic heterocycles. The molecule has 1 saturated carbocycles. The maximum Gasteiger partial charge on any atom is 0.246 e. The number of fused-ring (bicyclic) bond motifs is 1. The second kappa shape index (κ2) is 5.04. The average Bonchev–Trinajstić information content (AvgIpc) is 3.27. The van der Waals surface area contributed by atoms with E-state index in [1.54, 1.807) is 0 Å². The number of nitrogens with zero attached hydrogens (tertiary/aromatic N) is 3. The van der Waals surface area contributed by atoms with Crippen molar-refractivity contribution in [2.45, 2.75) is 31.4 Å². The lowest BCUT2D eigenvalue weighted by Crippen LogP contribution is -2.41. The number of aliphatic hydroxyl groups excluding tert-OH is 1. The van der Waals surface area contributed by atoms with Crippen LogP contribution in [0.4, 0.5) is 5.69 Å². The lowest BCUT2D eigenvalue weighted by Gasteiger charge is -2.34. The van der Waals surface area contributed by atoms with Crippen molar-refractivity contribution in [1.82, 2.24) is 10.1 Å². The summed E-state index contributed by atoms with van der Waals surface area (Å²) in [4.78, 5) is 6.58. The highest BCUT2D eigenvalue weighted by molar-refractivity contribution is 5.60. The maximum absolute atomic E-state index is 9.38. The Morgan fingerprint density at radius 1 is 1.29 bits per heavy atom. The Hall–Kier alpha value is -2.08. The summed E-state index contributed by atoms with van der Waals surface area (Å²) in [5.74, 6) is 2.71. The fourth-order valence-electron chi connectivity index (χ4n) is 2.63. The molecule has 6 nitrogen and oxygen atoms in total. The van der Waals surface area contributed by atoms with E-state index in [1.807, 2.05) is 24.3 Å². The van der Waals surface area contributed by atoms with Crippen LogP contribution in [0, 0.1) is 0 Å². The first kappa shape index (κ1) is 12.6. The van der Waals surface area contributed by atoms with Crippen molar-refractivity contribution in [1.29, 1.82) is 0 Å². The summed E-state index contributed by atoms with van der Waals surface area (Å²) in [6.07, 6.45) is 2.09. The van der Waals surface area contributed by atoms with Gasteiger partial charge >= 0.3 is 0 Å². The van der Waals surface area contributed by atoms with Crippen molar-refractivity contribution in [3.05, 3.63) is 36.0 Å². The van der Waals surface area contributed by atoms with Gasteiger partial charge in [-0.25, -0.2) is 0 Å². The molecule has 2 aliphatic rings. The Bertz CT molecular complexity index is 639. The van der Waals surface area contributed by atoms with Crippen molar-refractivity contribution >= 4 is 5.69 Å². The Balaban J connectivity index is 1.57. The fraction of sp³-hybridized carbons (Fsp3) is 0.467. The molecule has 1 fully saturated rings. The number of hydrogen-bond donors (Lipinski definition) is 1. The molecule has 1 aliphatic carbocycles. The molecule has 6 heteroatoms. The normalized spacial score (nSPS) is 21.0. The first-order valence-electron chi connectivity index (χ1n) is 7.27. The van der Waals surface area contributed by atoms with Gasteiger partial charge in [0, 0.05) is 5.92 Å². The van der Waals surface area contributed by atoms with Crippen LogP contribution < -0.4 is 9.64 Å². The van der Waals surface area contributed by atoms with Crippen molar-refractivity contribution in [2.24, 2.45) is 0 Å². The summed E-state index contributed by atoms with van der Waals surface area (Å²) >= 11 is 0. The van der Waals surface area contributed by atoms with Crippen LogP contribution in [-0.2, 0) is 6.54 Å². The largest absolute Gasteiger partial charge is 0.484 e. The van der Waals surface area contributed by atoms with Crippen molar-refractivity contribution in [3.8, 4) is 5.75 Å². The second-order valence-corrected chi connectivity index (χ2v) is 5.59. The molecule has 1 N–H and O–H groups in total. The minimum absolute atomic E-state index is 0.0119. The zero-order valence-electron chi connectivity index (χ0n) is 11.6. The molecule has 1 aliphatic heterocycles. The van der Waals surface area contributed by atoms with E-state index >= 15 is 0 Å². The first-order chi connectivity index (χ1) is 10.3. The molecule has 0 bridgehead atoms. The highest BCUT2D eigenvalue weighted by atomic mass is 16.5. The van der Waals surface area contributed by atoms with E-state index in [4.69, 9.17) is 9.26 Å². The van der Waals surface area contributed by atoms with E-state index in [2.05, 4.69) is 15.0 Å². The van der Waals surface area contributed by atoms with Crippen LogP contribution in [0.3, 0.4) is 0 Å². The van der Waals surface area contributed by atoms with E-state index < -0.39 is 0 Å². The highest BCUT2D eigenvalue weighted by Crippen LogP contribution is 2.38. The van der Waals surface area contributed by atoms with Gasteiger partial charge in [-0.05, 0) is 25.0 Å². The molecule has 1 atom stereocenters. The molecular weight excluding hydrogens is 270 g/mol. The Labute approximate surface area is 122 Å². The number of aliphatic hydroxyl groups is 1. The monoisotopic (exact) mass is 287 g/mol. The number of ether oxygens (including phenoxy) is 1. The Morgan fingerprint density at radius 2 is 2.14 bits per heavy atom. The van der Waals surface area contributed by atoms with Crippen LogP contribution >= 0.6 is 0 Å². The van der Waals surface area contributed by atoms with Crippen LogP contribution in [0.15, 0.2) is 28.8 Å². The average molecular weight is 287 g/mol. The van der Waals surface area contributed by atoms with Crippen LogP contribution in [0.2, 0.25) is 0 Å². The lowest BCUT2D eigenvalue weighted by molar-refractivity contribution is 0.111. The summed E-state index contributed by atoms with van der Waals surface area (Å²) in [6, 6.07) is 7.81. The van der Waals surface area contributed by atoms with Crippen molar-refractivity contribution < 1.29 is 14.4 Å². The minimum atomic E-state index is -0.231. The lowest BCUT2D eigenvalue weighted by atomic mass is 10.2. The van der Waals surface area contributed by atoms with Crippen LogP contribution in [0.25, 0.3) is 0 Å². The summed E-state index contributed by atoms with van der Waals surface area (Å²) in [5, 5.41) is 13.4. The van der Waals surface area contributed by atoms with Gasteiger partial charge in [-0.15, -0.1) is 0 Å². The number of benzene rings is 1. The fourth-order valence-corrected chi connectivity index (χ4v) is 2.63. The van der Waals surface area contributed by atoms with Crippen LogP contribution in [0.1, 0.15) is 30.5 Å². The summed E-state index contributed by atoms with van der Waals surface area (Å²) in [6.45, 7) is 1.13. The molecule has 1 aromatic carbocycles. The maximum atomic E-state index is 9.38. The van der Waals surface area contributed by atoms with Gasteiger partial charge in [-0.1, -0.05) is 17.3 Å².